The van der Waals surface area contributed by atoms with E-state index in [2.05, 4.69) is 35.8 Å². The molecule has 1 saturated heterocycles. The number of anilines is 2. The predicted octanol–water partition coefficient (Wildman–Crippen LogP) is 6.95. The third kappa shape index (κ3) is 4.34. The van der Waals surface area contributed by atoms with Gasteiger partial charge in [-0.05, 0) is 82.9 Å². The van der Waals surface area contributed by atoms with Gasteiger partial charge in [-0.2, -0.15) is 0 Å². The van der Waals surface area contributed by atoms with Crippen molar-refractivity contribution in [3.05, 3.63) is 166 Å². The molecule has 0 unspecified atom stereocenters. The van der Waals surface area contributed by atoms with Crippen LogP contribution in [0, 0.1) is 35.5 Å². The smallest absolute Gasteiger partial charge is 0.238 e. The number of carbonyl (C=O) groups is 2. The van der Waals surface area contributed by atoms with Gasteiger partial charge in [0, 0.05) is 53.9 Å². The molecule has 0 spiro atoms. The minimum Gasteiger partial charge on any atom is -0.378 e. The van der Waals surface area contributed by atoms with E-state index in [1.807, 2.05) is 128 Å². The van der Waals surface area contributed by atoms with Crippen LogP contribution < -0.4 is 9.80 Å². The molecule has 0 N–H and O–H groups in total. The van der Waals surface area contributed by atoms with E-state index in [9.17, 15) is 9.59 Å². The van der Waals surface area contributed by atoms with Crippen LogP contribution in [0.2, 0.25) is 0 Å². The first kappa shape index (κ1) is 27.7. The Hall–Kier alpha value is -5.84. The van der Waals surface area contributed by atoms with Gasteiger partial charge in [0.1, 0.15) is 0 Å². The molecule has 9 rings (SSSR count). The molecule has 3 aliphatic carbocycles. The maximum atomic E-state index is 14.6. The fourth-order valence-corrected chi connectivity index (χ4v) is 7.57. The molecule has 4 aliphatic rings. The van der Waals surface area contributed by atoms with Crippen molar-refractivity contribution >= 4 is 23.2 Å². The lowest BCUT2D eigenvalue weighted by Gasteiger charge is -2.46. The summed E-state index contributed by atoms with van der Waals surface area (Å²) in [5.74, 6) is 11.6. The van der Waals surface area contributed by atoms with E-state index >= 15 is 0 Å². The zero-order valence-corrected chi connectivity index (χ0v) is 25.6. The number of nitrogens with zero attached hydrogens (tertiary/aromatic N) is 2. The summed E-state index contributed by atoms with van der Waals surface area (Å²) in [4.78, 5) is 32.4. The fraction of sp³-hybridized carbons (Fsp3) is 0.143. The quantitative estimate of drug-likeness (QED) is 0.164. The van der Waals surface area contributed by atoms with Crippen LogP contribution in [0.25, 0.3) is 0 Å². The van der Waals surface area contributed by atoms with Gasteiger partial charge in [0.15, 0.2) is 0 Å². The molecule has 2 atom stereocenters. The van der Waals surface area contributed by atoms with Gasteiger partial charge in [-0.25, -0.2) is 4.90 Å². The zero-order chi connectivity index (χ0) is 31.4. The number of carbonyl (C=O) groups excluding carboxylic acids is 2. The van der Waals surface area contributed by atoms with E-state index in [4.69, 9.17) is 0 Å². The topological polar surface area (TPSA) is 40.6 Å². The number of rotatable bonds is 2. The second kappa shape index (κ2) is 11.0. The predicted molar refractivity (Wildman–Crippen MR) is 182 cm³/mol. The Balaban J connectivity index is 1.32. The summed E-state index contributed by atoms with van der Waals surface area (Å²) in [6, 6.07) is 39.9. The van der Waals surface area contributed by atoms with Crippen molar-refractivity contribution < 1.29 is 9.59 Å². The number of hydrogen-bond donors (Lipinski definition) is 0. The average molecular weight is 595 g/mol. The van der Waals surface area contributed by atoms with Crippen molar-refractivity contribution in [1.82, 2.24) is 0 Å². The van der Waals surface area contributed by atoms with Crippen molar-refractivity contribution in [2.75, 3.05) is 23.9 Å². The summed E-state index contributed by atoms with van der Waals surface area (Å²) in [6.07, 6.45) is 0. The highest BCUT2D eigenvalue weighted by molar-refractivity contribution is 6.23. The van der Waals surface area contributed by atoms with Gasteiger partial charge in [0.25, 0.3) is 0 Å². The normalized spacial score (nSPS) is 20.1. The van der Waals surface area contributed by atoms with Gasteiger partial charge in [-0.3, -0.25) is 9.59 Å². The molecular weight excluding hydrogens is 564 g/mol. The zero-order valence-electron chi connectivity index (χ0n) is 25.6. The van der Waals surface area contributed by atoms with Crippen LogP contribution in [0.1, 0.15) is 56.3 Å². The van der Waals surface area contributed by atoms with Crippen LogP contribution in [-0.2, 0) is 9.59 Å². The summed E-state index contributed by atoms with van der Waals surface area (Å²) < 4.78 is 0. The molecule has 0 aromatic heterocycles. The van der Waals surface area contributed by atoms with E-state index in [1.165, 1.54) is 4.90 Å². The third-order valence-electron chi connectivity index (χ3n) is 9.54. The van der Waals surface area contributed by atoms with Gasteiger partial charge in [0.05, 0.1) is 17.5 Å². The molecular formula is C42H30N2O2. The molecule has 4 nitrogen and oxygen atoms in total. The second-order valence-electron chi connectivity index (χ2n) is 12.3. The minimum atomic E-state index is -0.551. The molecule has 46 heavy (non-hydrogen) atoms. The van der Waals surface area contributed by atoms with Crippen molar-refractivity contribution in [2.24, 2.45) is 11.8 Å². The van der Waals surface area contributed by atoms with E-state index in [-0.39, 0.29) is 23.7 Å². The summed E-state index contributed by atoms with van der Waals surface area (Å²) in [6.45, 7) is 0. The standard InChI is InChI=1S/C42H30N2O2/c1-43(2)31-23-25-32(26-24-31)44-41(45)39-37-33-17-9-15-29(21-19-27-11-5-3-6-12-27)35(33)38(40(39)42(44)46)36-30(16-10-18-34(36)37)22-20-28-13-7-4-8-14-28/h3-18,23-26,37-40H,1-2H3/t37?,38?,39-,40+/m1/s1. The van der Waals surface area contributed by atoms with Gasteiger partial charge >= 0.3 is 0 Å². The molecule has 2 amide bonds. The minimum absolute atomic E-state index is 0.138. The molecule has 4 heteroatoms. The fourth-order valence-electron chi connectivity index (χ4n) is 7.57. The molecule has 5 aromatic rings. The second-order valence-corrected chi connectivity index (χ2v) is 12.3. The Bertz CT molecular complexity index is 2040. The highest BCUT2D eigenvalue weighted by atomic mass is 16.2. The monoisotopic (exact) mass is 594 g/mol. The molecule has 0 saturated carbocycles. The lowest BCUT2D eigenvalue weighted by Crippen LogP contribution is -2.42. The van der Waals surface area contributed by atoms with Crippen LogP contribution in [0.5, 0.6) is 0 Å². The van der Waals surface area contributed by atoms with Crippen molar-refractivity contribution in [3.8, 4) is 23.7 Å². The lowest BCUT2D eigenvalue weighted by molar-refractivity contribution is -0.122. The molecule has 2 bridgehead atoms. The number of benzene rings is 5. The van der Waals surface area contributed by atoms with Crippen LogP contribution in [0.4, 0.5) is 11.4 Å². The van der Waals surface area contributed by atoms with Crippen LogP contribution in [-0.4, -0.2) is 25.9 Å². The maximum absolute atomic E-state index is 14.6. The highest BCUT2D eigenvalue weighted by Gasteiger charge is 2.62. The maximum Gasteiger partial charge on any atom is 0.238 e. The van der Waals surface area contributed by atoms with Gasteiger partial charge in [0.2, 0.25) is 11.8 Å². The Morgan fingerprint density at radius 1 is 0.522 bits per heavy atom. The van der Waals surface area contributed by atoms with E-state index in [1.54, 1.807) is 0 Å². The van der Waals surface area contributed by atoms with Gasteiger partial charge in [-0.1, -0.05) is 84.3 Å². The Morgan fingerprint density at radius 2 is 1.00 bits per heavy atom. The van der Waals surface area contributed by atoms with Crippen LogP contribution >= 0.6 is 0 Å². The molecule has 1 aliphatic heterocycles. The SMILES string of the molecule is CN(C)c1ccc(N2C(=O)[C@@H]3C4c5cccc(C#Cc6ccccc6)c5C(c5c(C#Cc6ccccc6)cccc54)[C@@H]3C2=O)cc1. The number of hydrogen-bond acceptors (Lipinski definition) is 3. The lowest BCUT2D eigenvalue weighted by atomic mass is 9.53. The first-order chi connectivity index (χ1) is 22.5. The molecule has 5 aromatic carbocycles. The highest BCUT2D eigenvalue weighted by Crippen LogP contribution is 2.62. The van der Waals surface area contributed by atoms with E-state index in [0.717, 1.165) is 50.2 Å². The first-order valence-electron chi connectivity index (χ1n) is 15.6. The van der Waals surface area contributed by atoms with Crippen LogP contribution in [0.3, 0.4) is 0 Å². The largest absolute Gasteiger partial charge is 0.378 e. The van der Waals surface area contributed by atoms with Gasteiger partial charge < -0.3 is 4.90 Å². The Kier molecular flexibility index (Phi) is 6.59. The average Bonchev–Trinajstić information content (AvgIpc) is 3.37. The summed E-state index contributed by atoms with van der Waals surface area (Å²) >= 11 is 0. The molecule has 1 fully saturated rings. The van der Waals surface area contributed by atoms with Gasteiger partial charge in [-0.15, -0.1) is 0 Å². The molecule has 1 heterocycles. The Labute approximate surface area is 269 Å². The summed E-state index contributed by atoms with van der Waals surface area (Å²) in [5.41, 5.74) is 9.49. The molecule has 220 valence electrons. The van der Waals surface area contributed by atoms with E-state index in [0.29, 0.717) is 5.69 Å². The summed E-state index contributed by atoms with van der Waals surface area (Å²) in [7, 11) is 3.94. The number of amides is 2. The first-order valence-corrected chi connectivity index (χ1v) is 15.6. The van der Waals surface area contributed by atoms with E-state index < -0.39 is 11.8 Å². The van der Waals surface area contributed by atoms with Crippen molar-refractivity contribution in [1.29, 1.82) is 0 Å². The third-order valence-corrected chi connectivity index (χ3v) is 9.54. The molecule has 0 radical (unpaired) electrons. The summed E-state index contributed by atoms with van der Waals surface area (Å²) in [5, 5.41) is 0. The van der Waals surface area contributed by atoms with Crippen molar-refractivity contribution in [2.45, 2.75) is 11.8 Å². The number of imide groups is 1. The van der Waals surface area contributed by atoms with Crippen molar-refractivity contribution in [3.63, 3.8) is 0 Å². The Morgan fingerprint density at radius 3 is 1.48 bits per heavy atom. The van der Waals surface area contributed by atoms with Crippen LogP contribution in [0.15, 0.2) is 121 Å².